The average Bonchev–Trinajstić information content (AvgIpc) is 2.78. The van der Waals surface area contributed by atoms with Crippen molar-refractivity contribution in [2.45, 2.75) is 20.3 Å². The monoisotopic (exact) mass is 488 g/mol. The molecule has 1 aromatic heterocycles. The normalized spacial score (nSPS) is 13.9. The van der Waals surface area contributed by atoms with Crippen LogP contribution < -0.4 is 15.3 Å². The fourth-order valence-corrected chi connectivity index (χ4v) is 4.28. The van der Waals surface area contributed by atoms with Crippen LogP contribution in [0.3, 0.4) is 0 Å². The quantitative estimate of drug-likeness (QED) is 0.310. The molecule has 33 heavy (non-hydrogen) atoms. The van der Waals surface area contributed by atoms with E-state index in [1.54, 1.807) is 17.9 Å². The first kappa shape index (κ1) is 23.1. The van der Waals surface area contributed by atoms with Gasteiger partial charge in [-0.1, -0.05) is 23.2 Å². The maximum absolute atomic E-state index is 13.0. The van der Waals surface area contributed by atoms with Crippen LogP contribution in [0.1, 0.15) is 18.1 Å². The molecule has 2 aromatic carbocycles. The largest absolute Gasteiger partial charge is 0.425 e. The van der Waals surface area contributed by atoms with Crippen molar-refractivity contribution >= 4 is 51.7 Å². The topological polar surface area (TPSA) is 80.1 Å². The summed E-state index contributed by atoms with van der Waals surface area (Å²) >= 11 is 12.2. The highest BCUT2D eigenvalue weighted by atomic mass is 35.5. The lowest BCUT2D eigenvalue weighted by molar-refractivity contribution is -0.132. The van der Waals surface area contributed by atoms with Gasteiger partial charge in [-0.3, -0.25) is 9.59 Å². The van der Waals surface area contributed by atoms with Gasteiger partial charge in [0.05, 0.1) is 17.0 Å². The molecule has 1 aliphatic rings. The smallest absolute Gasteiger partial charge is 0.340 e. The van der Waals surface area contributed by atoms with E-state index in [1.807, 2.05) is 24.3 Å². The van der Waals surface area contributed by atoms with E-state index in [2.05, 4.69) is 4.90 Å². The molecule has 3 aromatic rings. The third-order valence-corrected chi connectivity index (χ3v) is 6.29. The van der Waals surface area contributed by atoms with Crippen LogP contribution in [-0.4, -0.2) is 43.0 Å². The van der Waals surface area contributed by atoms with Crippen molar-refractivity contribution in [3.05, 3.63) is 68.0 Å². The molecule has 0 saturated carbocycles. The minimum Gasteiger partial charge on any atom is -0.425 e. The van der Waals surface area contributed by atoms with Crippen molar-refractivity contribution < 1.29 is 18.7 Å². The molecule has 1 aliphatic heterocycles. The first-order valence-electron chi connectivity index (χ1n) is 10.5. The van der Waals surface area contributed by atoms with Gasteiger partial charge in [0.15, 0.2) is 5.75 Å². The number of hydrogen-bond acceptors (Lipinski definition) is 6. The summed E-state index contributed by atoms with van der Waals surface area (Å²) in [7, 11) is 0. The van der Waals surface area contributed by atoms with E-state index in [1.165, 1.54) is 13.0 Å². The van der Waals surface area contributed by atoms with E-state index in [0.717, 1.165) is 5.69 Å². The van der Waals surface area contributed by atoms with Gasteiger partial charge in [-0.05, 0) is 42.8 Å². The Morgan fingerprint density at radius 2 is 1.73 bits per heavy atom. The molecule has 0 N–H and O–H groups in total. The molecule has 0 aliphatic carbocycles. The third kappa shape index (κ3) is 4.99. The molecule has 0 unspecified atom stereocenters. The molecule has 172 valence electrons. The first-order chi connectivity index (χ1) is 15.7. The van der Waals surface area contributed by atoms with Gasteiger partial charge in [-0.2, -0.15) is 0 Å². The molecular weight excluding hydrogens is 467 g/mol. The lowest BCUT2D eigenvalue weighted by Gasteiger charge is -2.36. The van der Waals surface area contributed by atoms with Crippen molar-refractivity contribution in [3.8, 4) is 5.75 Å². The molecule has 0 radical (unpaired) electrons. The van der Waals surface area contributed by atoms with Gasteiger partial charge in [0.25, 0.3) is 0 Å². The molecule has 1 amide bonds. The highest BCUT2D eigenvalue weighted by Crippen LogP contribution is 2.32. The number of ether oxygens (including phenoxy) is 1. The Kier molecular flexibility index (Phi) is 6.63. The zero-order valence-electron chi connectivity index (χ0n) is 18.2. The van der Waals surface area contributed by atoms with Gasteiger partial charge < -0.3 is 19.0 Å². The number of nitrogens with zero attached hydrogens (tertiary/aromatic N) is 2. The van der Waals surface area contributed by atoms with Crippen LogP contribution in [0.15, 0.2) is 45.6 Å². The number of carbonyl (C=O) groups is 2. The van der Waals surface area contributed by atoms with Crippen molar-refractivity contribution in [1.29, 1.82) is 0 Å². The lowest BCUT2D eigenvalue weighted by atomic mass is 10.0. The van der Waals surface area contributed by atoms with Gasteiger partial charge in [-0.15, -0.1) is 0 Å². The van der Waals surface area contributed by atoms with Crippen molar-refractivity contribution in [3.63, 3.8) is 0 Å². The summed E-state index contributed by atoms with van der Waals surface area (Å²) in [5.41, 5.74) is 1.62. The third-order valence-electron chi connectivity index (χ3n) is 5.75. The Balaban J connectivity index is 1.50. The fourth-order valence-electron chi connectivity index (χ4n) is 3.96. The van der Waals surface area contributed by atoms with Crippen molar-refractivity contribution in [2.24, 2.45) is 0 Å². The number of fused-ring (bicyclic) bond motifs is 1. The molecule has 1 fully saturated rings. The maximum atomic E-state index is 13.0. The van der Waals surface area contributed by atoms with Crippen LogP contribution in [0.4, 0.5) is 5.69 Å². The second-order valence-electron chi connectivity index (χ2n) is 7.89. The van der Waals surface area contributed by atoms with E-state index in [-0.39, 0.29) is 28.7 Å². The van der Waals surface area contributed by atoms with E-state index >= 15 is 0 Å². The predicted molar refractivity (Wildman–Crippen MR) is 127 cm³/mol. The van der Waals surface area contributed by atoms with Crippen LogP contribution >= 0.6 is 23.2 Å². The summed E-state index contributed by atoms with van der Waals surface area (Å²) < 4.78 is 10.5. The van der Waals surface area contributed by atoms with E-state index in [4.69, 9.17) is 32.4 Å². The number of hydrogen-bond donors (Lipinski definition) is 0. The Bertz CT molecular complexity index is 1280. The van der Waals surface area contributed by atoms with Crippen LogP contribution in [0.2, 0.25) is 10.0 Å². The molecule has 0 bridgehead atoms. The molecule has 4 rings (SSSR count). The molecule has 9 heteroatoms. The van der Waals surface area contributed by atoms with Gasteiger partial charge >= 0.3 is 11.6 Å². The second-order valence-corrected chi connectivity index (χ2v) is 8.73. The Hall–Kier alpha value is -3.03. The summed E-state index contributed by atoms with van der Waals surface area (Å²) in [4.78, 5) is 40.8. The summed E-state index contributed by atoms with van der Waals surface area (Å²) in [5, 5.41) is 1.48. The van der Waals surface area contributed by atoms with Crippen molar-refractivity contribution in [2.75, 3.05) is 31.1 Å². The maximum Gasteiger partial charge on any atom is 0.340 e. The Morgan fingerprint density at radius 1 is 1.06 bits per heavy atom. The number of rotatable bonds is 4. The number of halogens is 2. The highest BCUT2D eigenvalue weighted by molar-refractivity contribution is 6.33. The highest BCUT2D eigenvalue weighted by Gasteiger charge is 2.24. The van der Waals surface area contributed by atoms with E-state index in [0.29, 0.717) is 47.7 Å². The Labute approximate surface area is 200 Å². The lowest BCUT2D eigenvalue weighted by Crippen LogP contribution is -2.49. The average molecular weight is 489 g/mol. The standard InChI is InChI=1S/C24H22Cl2N2O5/c1-14-18-11-20(26)22(32-15(2)29)13-21(18)33-24(31)19(14)12-23(30)28-9-7-27(8-10-28)17-5-3-16(25)4-6-17/h3-6,11,13H,7-10,12H2,1-2H3. The fraction of sp³-hybridized carbons (Fsp3) is 0.292. The molecular formula is C24H22Cl2N2O5. The Morgan fingerprint density at radius 3 is 2.36 bits per heavy atom. The number of benzene rings is 2. The summed E-state index contributed by atoms with van der Waals surface area (Å²) in [6, 6.07) is 10.6. The molecule has 0 spiro atoms. The van der Waals surface area contributed by atoms with Crippen molar-refractivity contribution in [1.82, 2.24) is 4.90 Å². The minimum absolute atomic E-state index is 0.0611. The predicted octanol–water partition coefficient (Wildman–Crippen LogP) is 4.22. The summed E-state index contributed by atoms with van der Waals surface area (Å²) in [5.74, 6) is -0.557. The summed E-state index contributed by atoms with van der Waals surface area (Å²) in [6.07, 6.45) is -0.0611. The van der Waals surface area contributed by atoms with Gasteiger partial charge in [-0.25, -0.2) is 4.79 Å². The molecule has 0 atom stereocenters. The number of anilines is 1. The number of carbonyl (C=O) groups excluding carboxylic acids is 2. The molecule has 7 nitrogen and oxygen atoms in total. The van der Waals surface area contributed by atoms with E-state index < -0.39 is 11.6 Å². The van der Waals surface area contributed by atoms with Crippen LogP contribution in [-0.2, 0) is 16.0 Å². The SMILES string of the molecule is CC(=O)Oc1cc2oc(=O)c(CC(=O)N3CCN(c4ccc(Cl)cc4)CC3)c(C)c2cc1Cl. The minimum atomic E-state index is -0.593. The number of aryl methyl sites for hydroxylation is 1. The van der Waals surface area contributed by atoms with E-state index in [9.17, 15) is 14.4 Å². The van der Waals surface area contributed by atoms with Gasteiger partial charge in [0, 0.05) is 55.3 Å². The zero-order chi connectivity index (χ0) is 23.7. The second kappa shape index (κ2) is 9.45. The molecule has 1 saturated heterocycles. The van der Waals surface area contributed by atoms with Gasteiger partial charge in [0.1, 0.15) is 5.58 Å². The van der Waals surface area contributed by atoms with Gasteiger partial charge in [0.2, 0.25) is 5.91 Å². The number of piperazine rings is 1. The van der Waals surface area contributed by atoms with Crippen LogP contribution in [0.25, 0.3) is 11.0 Å². The van der Waals surface area contributed by atoms with Crippen LogP contribution in [0.5, 0.6) is 5.75 Å². The molecule has 2 heterocycles. The number of amides is 1. The summed E-state index contributed by atoms with van der Waals surface area (Å²) in [6.45, 7) is 5.49. The first-order valence-corrected chi connectivity index (χ1v) is 11.2. The van der Waals surface area contributed by atoms with Crippen LogP contribution in [0, 0.1) is 6.92 Å². The number of esters is 1. The zero-order valence-corrected chi connectivity index (χ0v) is 19.7.